The van der Waals surface area contributed by atoms with Gasteiger partial charge in [-0.25, -0.2) is 9.97 Å². The molecule has 0 unspecified atom stereocenters. The zero-order valence-electron chi connectivity index (χ0n) is 14.2. The molecule has 0 fully saturated rings. The number of hydrogen-bond acceptors (Lipinski definition) is 4. The van der Waals surface area contributed by atoms with E-state index < -0.39 is 0 Å². The van der Waals surface area contributed by atoms with Crippen molar-refractivity contribution in [2.45, 2.75) is 11.9 Å². The quantitative estimate of drug-likeness (QED) is 0.342. The lowest BCUT2D eigenvalue weighted by Gasteiger charge is -2.06. The van der Waals surface area contributed by atoms with E-state index in [1.54, 1.807) is 18.2 Å². The molecule has 0 atom stereocenters. The fraction of sp³-hybridized carbons (Fsp3) is 0.105. The fourth-order valence-electron chi connectivity index (χ4n) is 2.85. The molecule has 2 N–H and O–H groups in total. The van der Waals surface area contributed by atoms with Crippen molar-refractivity contribution in [1.29, 1.82) is 0 Å². The van der Waals surface area contributed by atoms with Gasteiger partial charge in [0.2, 0.25) is 5.91 Å². The van der Waals surface area contributed by atoms with Gasteiger partial charge in [-0.3, -0.25) is 4.79 Å². The second-order valence-electron chi connectivity index (χ2n) is 6.07. The first-order valence-electron chi connectivity index (χ1n) is 8.11. The van der Waals surface area contributed by atoms with Crippen LogP contribution in [-0.2, 0) is 4.79 Å². The maximum atomic E-state index is 12.3. The summed E-state index contributed by atoms with van der Waals surface area (Å²) in [7, 11) is 0. The summed E-state index contributed by atoms with van der Waals surface area (Å²) in [4.78, 5) is 24.4. The molecule has 5 nitrogen and oxygen atoms in total. The Morgan fingerprint density at radius 2 is 1.93 bits per heavy atom. The summed E-state index contributed by atoms with van der Waals surface area (Å²) in [5.74, 6) is 0.0296. The van der Waals surface area contributed by atoms with E-state index in [0.717, 1.165) is 32.5 Å². The maximum Gasteiger partial charge on any atom is 0.234 e. The largest absolute Gasteiger partial charge is 0.351 e. The Bertz CT molecular complexity index is 1160. The number of aryl methyl sites for hydroxylation is 1. The highest BCUT2D eigenvalue weighted by atomic mass is 35.5. The van der Waals surface area contributed by atoms with E-state index in [-0.39, 0.29) is 11.7 Å². The van der Waals surface area contributed by atoms with Gasteiger partial charge < -0.3 is 10.3 Å². The van der Waals surface area contributed by atoms with Crippen molar-refractivity contribution in [3.8, 4) is 0 Å². The summed E-state index contributed by atoms with van der Waals surface area (Å²) in [5, 5.41) is 5.51. The third kappa shape index (κ3) is 3.88. The molecule has 2 aromatic heterocycles. The molecule has 0 aliphatic heterocycles. The number of H-pyrrole nitrogens is 1. The first-order valence-corrected chi connectivity index (χ1v) is 9.85. The SMILES string of the molecule is Cc1ccc2[nH]c3c(SCC(=O)Nc4cc(Cl)cc(Cl)c4)ncnc3c2c1. The van der Waals surface area contributed by atoms with Crippen LogP contribution >= 0.6 is 35.0 Å². The van der Waals surface area contributed by atoms with E-state index in [2.05, 4.69) is 26.3 Å². The molecular weight excluding hydrogens is 403 g/mol. The maximum absolute atomic E-state index is 12.3. The predicted octanol–water partition coefficient (Wildman–Crippen LogP) is 5.46. The minimum absolute atomic E-state index is 0.169. The van der Waals surface area contributed by atoms with Gasteiger partial charge in [-0.15, -0.1) is 0 Å². The Morgan fingerprint density at radius 3 is 2.70 bits per heavy atom. The smallest absolute Gasteiger partial charge is 0.234 e. The van der Waals surface area contributed by atoms with Crippen molar-refractivity contribution >= 4 is 68.5 Å². The molecule has 1 amide bonds. The average molecular weight is 417 g/mol. The van der Waals surface area contributed by atoms with Crippen molar-refractivity contribution < 1.29 is 4.79 Å². The van der Waals surface area contributed by atoms with E-state index >= 15 is 0 Å². The number of benzene rings is 2. The summed E-state index contributed by atoms with van der Waals surface area (Å²) in [6, 6.07) is 11.1. The first-order chi connectivity index (χ1) is 13.0. The topological polar surface area (TPSA) is 70.7 Å². The number of nitrogens with one attached hydrogen (secondary N) is 2. The van der Waals surface area contributed by atoms with Gasteiger partial charge in [-0.2, -0.15) is 0 Å². The minimum atomic E-state index is -0.169. The Labute approximate surface area is 169 Å². The number of halogens is 2. The number of amides is 1. The van der Waals surface area contributed by atoms with Crippen molar-refractivity contribution in [3.05, 3.63) is 58.3 Å². The molecule has 0 radical (unpaired) electrons. The molecule has 4 aromatic rings. The van der Waals surface area contributed by atoms with Gasteiger partial charge in [0.25, 0.3) is 0 Å². The number of fused-ring (bicyclic) bond motifs is 3. The van der Waals surface area contributed by atoms with Crippen LogP contribution in [0.2, 0.25) is 10.0 Å². The van der Waals surface area contributed by atoms with Crippen LogP contribution in [0.5, 0.6) is 0 Å². The molecule has 0 spiro atoms. The number of nitrogens with zero attached hydrogens (tertiary/aromatic N) is 2. The molecule has 27 heavy (non-hydrogen) atoms. The van der Waals surface area contributed by atoms with E-state index in [1.165, 1.54) is 18.1 Å². The second kappa shape index (κ2) is 7.38. The molecule has 2 aromatic carbocycles. The monoisotopic (exact) mass is 416 g/mol. The molecule has 8 heteroatoms. The molecule has 0 aliphatic rings. The summed E-state index contributed by atoms with van der Waals surface area (Å²) in [6.45, 7) is 2.04. The molecule has 4 rings (SSSR count). The number of aromatic amines is 1. The lowest BCUT2D eigenvalue weighted by molar-refractivity contribution is -0.113. The van der Waals surface area contributed by atoms with Crippen LogP contribution in [0.4, 0.5) is 5.69 Å². The average Bonchev–Trinajstić information content (AvgIpc) is 2.97. The van der Waals surface area contributed by atoms with Crippen LogP contribution < -0.4 is 5.32 Å². The third-order valence-electron chi connectivity index (χ3n) is 3.99. The molecule has 0 saturated carbocycles. The Kier molecular flexibility index (Phi) is 4.95. The number of rotatable bonds is 4. The van der Waals surface area contributed by atoms with Gasteiger partial charge in [0.1, 0.15) is 16.9 Å². The van der Waals surface area contributed by atoms with E-state index in [9.17, 15) is 4.79 Å². The second-order valence-corrected chi connectivity index (χ2v) is 7.91. The van der Waals surface area contributed by atoms with Crippen LogP contribution in [0.15, 0.2) is 47.8 Å². The Morgan fingerprint density at radius 1 is 1.15 bits per heavy atom. The highest BCUT2D eigenvalue weighted by Crippen LogP contribution is 2.30. The number of carbonyl (C=O) groups is 1. The van der Waals surface area contributed by atoms with Gasteiger partial charge in [-0.1, -0.05) is 46.6 Å². The summed E-state index contributed by atoms with van der Waals surface area (Å²) >= 11 is 13.3. The number of thioether (sulfide) groups is 1. The molecular formula is C19H14Cl2N4OS. The van der Waals surface area contributed by atoms with Crippen LogP contribution in [0, 0.1) is 6.92 Å². The lowest BCUT2D eigenvalue weighted by Crippen LogP contribution is -2.14. The third-order valence-corrected chi connectivity index (χ3v) is 5.41. The van der Waals surface area contributed by atoms with Gasteiger partial charge in [0.15, 0.2) is 0 Å². The number of anilines is 1. The molecule has 2 heterocycles. The summed E-state index contributed by atoms with van der Waals surface area (Å²) in [6.07, 6.45) is 1.52. The van der Waals surface area contributed by atoms with Gasteiger partial charge in [-0.05, 0) is 37.3 Å². The molecule has 0 bridgehead atoms. The van der Waals surface area contributed by atoms with Gasteiger partial charge >= 0.3 is 0 Å². The van der Waals surface area contributed by atoms with Crippen molar-refractivity contribution in [2.24, 2.45) is 0 Å². The van der Waals surface area contributed by atoms with E-state index in [1.807, 2.05) is 19.1 Å². The molecule has 136 valence electrons. The lowest BCUT2D eigenvalue weighted by atomic mass is 10.2. The fourth-order valence-corrected chi connectivity index (χ4v) is 4.13. The minimum Gasteiger partial charge on any atom is -0.351 e. The van der Waals surface area contributed by atoms with Crippen LogP contribution in [0.3, 0.4) is 0 Å². The van der Waals surface area contributed by atoms with Gasteiger partial charge in [0, 0.05) is 26.6 Å². The molecule has 0 saturated heterocycles. The highest BCUT2D eigenvalue weighted by Gasteiger charge is 2.13. The van der Waals surface area contributed by atoms with Crippen molar-refractivity contribution in [1.82, 2.24) is 15.0 Å². The zero-order chi connectivity index (χ0) is 19.0. The van der Waals surface area contributed by atoms with Crippen molar-refractivity contribution in [3.63, 3.8) is 0 Å². The zero-order valence-corrected chi connectivity index (χ0v) is 16.5. The van der Waals surface area contributed by atoms with Crippen LogP contribution in [-0.4, -0.2) is 26.6 Å². The number of aromatic nitrogens is 3. The number of hydrogen-bond donors (Lipinski definition) is 2. The molecule has 0 aliphatic carbocycles. The first kappa shape index (κ1) is 18.1. The Balaban J connectivity index is 1.55. The van der Waals surface area contributed by atoms with Crippen LogP contribution in [0.1, 0.15) is 5.56 Å². The van der Waals surface area contributed by atoms with Gasteiger partial charge in [0.05, 0.1) is 11.3 Å². The standard InChI is InChI=1S/C19H14Cl2N4OS/c1-10-2-3-15-14(4-10)17-18(25-15)19(23-9-22-17)27-8-16(26)24-13-6-11(20)5-12(21)7-13/h2-7,9,25H,8H2,1H3,(H,24,26). The Hall–Kier alpha value is -2.28. The van der Waals surface area contributed by atoms with E-state index in [4.69, 9.17) is 23.2 Å². The normalized spacial score (nSPS) is 11.2. The summed E-state index contributed by atoms with van der Waals surface area (Å²) < 4.78 is 0. The highest BCUT2D eigenvalue weighted by molar-refractivity contribution is 8.00. The van der Waals surface area contributed by atoms with E-state index in [0.29, 0.717) is 15.7 Å². The summed E-state index contributed by atoms with van der Waals surface area (Å²) in [5.41, 5.74) is 4.41. The number of carbonyl (C=O) groups excluding carboxylic acids is 1. The van der Waals surface area contributed by atoms with Crippen LogP contribution in [0.25, 0.3) is 21.9 Å². The predicted molar refractivity (Wildman–Crippen MR) is 112 cm³/mol. The van der Waals surface area contributed by atoms with Crippen molar-refractivity contribution in [2.75, 3.05) is 11.1 Å².